The molecule has 6 nitrogen and oxygen atoms in total. The number of carbonyl (C=O) groups excluding carboxylic acids is 1. The minimum Gasteiger partial charge on any atom is -0.462 e. The van der Waals surface area contributed by atoms with Crippen LogP contribution in [0.3, 0.4) is 0 Å². The fourth-order valence-electron chi connectivity index (χ4n) is 7.14. The lowest BCUT2D eigenvalue weighted by molar-refractivity contribution is -0.160. The van der Waals surface area contributed by atoms with Crippen molar-refractivity contribution < 1.29 is 14.3 Å². The maximum Gasteiger partial charge on any atom is 0.306 e. The summed E-state index contributed by atoms with van der Waals surface area (Å²) in [7, 11) is 0. The van der Waals surface area contributed by atoms with Crippen LogP contribution < -0.4 is 5.84 Å². The molecule has 2 fully saturated rings. The van der Waals surface area contributed by atoms with Gasteiger partial charge in [0, 0.05) is 41.4 Å². The van der Waals surface area contributed by atoms with Crippen LogP contribution in [0, 0.1) is 5.92 Å². The third-order valence-electron chi connectivity index (χ3n) is 9.10. The van der Waals surface area contributed by atoms with Crippen LogP contribution in [0.25, 0.3) is 0 Å². The van der Waals surface area contributed by atoms with Crippen molar-refractivity contribution in [3.63, 3.8) is 0 Å². The van der Waals surface area contributed by atoms with Crippen molar-refractivity contribution in [2.75, 3.05) is 0 Å². The van der Waals surface area contributed by atoms with Gasteiger partial charge in [-0.3, -0.25) is 10.6 Å². The second-order valence-corrected chi connectivity index (χ2v) is 15.2. The van der Waals surface area contributed by atoms with Gasteiger partial charge < -0.3 is 9.47 Å². The lowest BCUT2D eigenvalue weighted by Crippen LogP contribution is -2.65. The Kier molecular flexibility index (Phi) is 12.1. The molecular weight excluding hydrogens is 494 g/mol. The summed E-state index contributed by atoms with van der Waals surface area (Å²) in [5.41, 5.74) is -0.302. The van der Waals surface area contributed by atoms with E-state index in [4.69, 9.17) is 28.1 Å². The van der Waals surface area contributed by atoms with Gasteiger partial charge in [0.15, 0.2) is 0 Å². The Labute approximate surface area is 240 Å². The largest absolute Gasteiger partial charge is 0.462 e. The molecule has 2 saturated heterocycles. The molecule has 0 aromatic carbocycles. The predicted octanol–water partition coefficient (Wildman–Crippen LogP) is 7.45. The molecule has 2 aliphatic rings. The molecule has 2 aliphatic heterocycles. The first-order chi connectivity index (χ1) is 17.4. The van der Waals surface area contributed by atoms with Crippen molar-refractivity contribution in [1.29, 1.82) is 0 Å². The highest BCUT2D eigenvalue weighted by Gasteiger charge is 2.46. The summed E-state index contributed by atoms with van der Waals surface area (Å²) in [6.07, 6.45) is 12.5. The first kappa shape index (κ1) is 33.9. The maximum absolute atomic E-state index is 12.5. The zero-order valence-corrected chi connectivity index (χ0v) is 27.3. The second-order valence-electron chi connectivity index (χ2n) is 14.8. The predicted molar refractivity (Wildman–Crippen MR) is 162 cm³/mol. The zero-order valence-electron chi connectivity index (χ0n) is 26.4. The molecule has 0 bridgehead atoms. The second kappa shape index (κ2) is 13.5. The molecule has 2 atom stereocenters. The summed E-state index contributed by atoms with van der Waals surface area (Å²) in [6, 6.07) is 0. The summed E-state index contributed by atoms with van der Waals surface area (Å²) in [4.78, 5) is 12.5. The van der Waals surface area contributed by atoms with E-state index < -0.39 is 0 Å². The summed E-state index contributed by atoms with van der Waals surface area (Å²) in [5.74, 6) is 6.81. The smallest absolute Gasteiger partial charge is 0.306 e. The molecule has 224 valence electrons. The van der Waals surface area contributed by atoms with E-state index >= 15 is 0 Å². The van der Waals surface area contributed by atoms with Crippen LogP contribution in [0.2, 0.25) is 0 Å². The Morgan fingerprint density at radius 1 is 0.842 bits per heavy atom. The quantitative estimate of drug-likeness (QED) is 0.106. The minimum atomic E-state index is -0.178. The average molecular weight is 556 g/mol. The van der Waals surface area contributed by atoms with Crippen LogP contribution in [0.4, 0.5) is 0 Å². The van der Waals surface area contributed by atoms with E-state index in [1.807, 2.05) is 5.01 Å². The van der Waals surface area contributed by atoms with Crippen LogP contribution >= 0.6 is 12.8 Å². The molecule has 0 spiro atoms. The van der Waals surface area contributed by atoms with E-state index in [0.29, 0.717) is 18.4 Å². The fraction of sp³-hybridized carbons (Fsp3) is 0.968. The third-order valence-corrected chi connectivity index (χ3v) is 10.2. The number of esters is 1. The minimum absolute atomic E-state index is 0.0265. The van der Waals surface area contributed by atoms with Gasteiger partial charge in [-0.05, 0) is 93.4 Å². The fourth-order valence-corrected chi connectivity index (χ4v) is 7.30. The number of hydrogen-bond acceptors (Lipinski definition) is 7. The topological polar surface area (TPSA) is 68.0 Å². The van der Waals surface area contributed by atoms with E-state index in [0.717, 1.165) is 44.9 Å². The molecule has 0 aromatic rings. The number of rotatable bonds is 13. The van der Waals surface area contributed by atoms with Gasteiger partial charge in [0.05, 0.1) is 12.2 Å². The number of piperidine rings is 2. The molecule has 2 N–H and O–H groups in total. The number of unbranched alkanes of at least 4 members (excludes halogenated alkanes) is 4. The number of nitrogens with two attached hydrogens (primary N) is 1. The number of thiol groups is 1. The Balaban J connectivity index is 1.63. The van der Waals surface area contributed by atoms with Gasteiger partial charge >= 0.3 is 5.97 Å². The van der Waals surface area contributed by atoms with Crippen molar-refractivity contribution in [2.45, 2.75) is 187 Å². The van der Waals surface area contributed by atoms with Crippen molar-refractivity contribution in [3.05, 3.63) is 0 Å². The first-order valence-corrected chi connectivity index (χ1v) is 15.7. The molecule has 7 heteroatoms. The molecule has 2 rings (SSSR count). The van der Waals surface area contributed by atoms with Crippen molar-refractivity contribution >= 4 is 18.8 Å². The molecule has 0 radical (unpaired) electrons. The van der Waals surface area contributed by atoms with Gasteiger partial charge in [-0.2, -0.15) is 0 Å². The number of nitrogens with zero attached hydrogens (tertiary/aromatic N) is 2. The van der Waals surface area contributed by atoms with Crippen LogP contribution in [0.1, 0.15) is 146 Å². The van der Waals surface area contributed by atoms with Gasteiger partial charge in [-0.25, -0.2) is 9.31 Å². The molecule has 2 unspecified atom stereocenters. The summed E-state index contributed by atoms with van der Waals surface area (Å²) < 4.78 is 14.8. The van der Waals surface area contributed by atoms with Crippen molar-refractivity contribution in [1.82, 2.24) is 9.31 Å². The van der Waals surface area contributed by atoms with Crippen LogP contribution in [-0.4, -0.2) is 55.8 Å². The Hall–Kier alpha value is -0.340. The molecule has 0 amide bonds. The van der Waals surface area contributed by atoms with Crippen molar-refractivity contribution in [2.24, 2.45) is 11.8 Å². The average Bonchev–Trinajstić information content (AvgIpc) is 2.77. The van der Waals surface area contributed by atoms with Gasteiger partial charge in [-0.15, -0.1) is 0 Å². The Morgan fingerprint density at radius 3 is 1.84 bits per heavy atom. The van der Waals surface area contributed by atoms with Crippen LogP contribution in [0.5, 0.6) is 0 Å². The van der Waals surface area contributed by atoms with Crippen LogP contribution in [-0.2, 0) is 14.3 Å². The maximum atomic E-state index is 12.5. The third kappa shape index (κ3) is 9.36. The van der Waals surface area contributed by atoms with E-state index in [1.165, 1.54) is 25.7 Å². The Morgan fingerprint density at radius 2 is 1.32 bits per heavy atom. The number of hydrazine groups is 1. The molecule has 2 heterocycles. The molecular formula is C31H61N3O3S. The highest BCUT2D eigenvalue weighted by atomic mass is 32.1. The highest BCUT2D eigenvalue weighted by molar-refractivity contribution is 7.77. The van der Waals surface area contributed by atoms with Gasteiger partial charge in [0.25, 0.3) is 0 Å². The standard InChI is InChI=1S/C31H61N3O3S/c1-11-26(36-24-21-30(7,8)34(38)31(9,10)22-24)23(2)17-15-13-12-14-16-18-27(35)37-25-19-28(3,4)33(32)29(5,6)20-25/h23-26,38H,11-22,32H2,1-10H3. The molecule has 0 aromatic heterocycles. The lowest BCUT2D eigenvalue weighted by atomic mass is 9.80. The number of hydrogen-bond donors (Lipinski definition) is 2. The van der Waals surface area contributed by atoms with E-state index in [-0.39, 0.29) is 40.3 Å². The summed E-state index contributed by atoms with van der Waals surface area (Å²) >= 11 is 4.80. The Bertz CT molecular complexity index is 719. The van der Waals surface area contributed by atoms with Gasteiger partial charge in [0.1, 0.15) is 6.10 Å². The zero-order chi connectivity index (χ0) is 28.9. The van der Waals surface area contributed by atoms with E-state index in [1.54, 1.807) is 0 Å². The van der Waals surface area contributed by atoms with Gasteiger partial charge in [-0.1, -0.05) is 52.3 Å². The molecule has 38 heavy (non-hydrogen) atoms. The summed E-state index contributed by atoms with van der Waals surface area (Å²) in [6.45, 7) is 22.2. The highest BCUT2D eigenvalue weighted by Crippen LogP contribution is 2.42. The SMILES string of the molecule is CCC(OC1CC(C)(C)N(S)C(C)(C)C1)C(C)CCCCCCCC(=O)OC1CC(C)(C)N(N)C(C)(C)C1. The van der Waals surface area contributed by atoms with E-state index in [9.17, 15) is 4.79 Å². The van der Waals surface area contributed by atoms with Crippen LogP contribution in [0.15, 0.2) is 0 Å². The molecule has 0 saturated carbocycles. The summed E-state index contributed by atoms with van der Waals surface area (Å²) in [5, 5.41) is 1.92. The number of ether oxygens (including phenoxy) is 2. The van der Waals surface area contributed by atoms with Gasteiger partial charge in [0.2, 0.25) is 0 Å². The van der Waals surface area contributed by atoms with Crippen molar-refractivity contribution in [3.8, 4) is 0 Å². The monoisotopic (exact) mass is 555 g/mol. The first-order valence-electron chi connectivity index (χ1n) is 15.3. The van der Waals surface area contributed by atoms with E-state index in [2.05, 4.69) is 73.5 Å². The molecule has 0 aliphatic carbocycles. The normalized spacial score (nSPS) is 25.7. The lowest BCUT2D eigenvalue weighted by Gasteiger charge is -2.52. The number of carbonyl (C=O) groups is 1.